The van der Waals surface area contributed by atoms with E-state index in [1.54, 1.807) is 12.3 Å². The standard InChI is InChI=1S/C12H14BBrN2O2/c1-11(2)12(3,4)18-13(17-11)9-5-8(6-15)16-7-10(9)14/h5,7H,1-4H3. The molecule has 0 radical (unpaired) electrons. The average molecular weight is 309 g/mol. The Labute approximate surface area is 116 Å². The Kier molecular flexibility index (Phi) is 3.26. The molecule has 2 rings (SSSR count). The molecule has 1 saturated heterocycles. The molecule has 0 aliphatic carbocycles. The van der Waals surface area contributed by atoms with Gasteiger partial charge in [-0.25, -0.2) is 4.98 Å². The van der Waals surface area contributed by atoms with Gasteiger partial charge in [-0.2, -0.15) is 5.26 Å². The molecule has 1 aliphatic heterocycles. The first-order chi connectivity index (χ1) is 8.27. The van der Waals surface area contributed by atoms with Crippen molar-refractivity contribution in [2.45, 2.75) is 38.9 Å². The maximum Gasteiger partial charge on any atom is 0.496 e. The minimum Gasteiger partial charge on any atom is -0.399 e. The molecule has 1 aliphatic rings. The van der Waals surface area contributed by atoms with Crippen molar-refractivity contribution < 1.29 is 9.31 Å². The summed E-state index contributed by atoms with van der Waals surface area (Å²) in [6, 6.07) is 3.70. The molecule has 0 N–H and O–H groups in total. The molecular formula is C12H14BBrN2O2. The molecule has 1 aromatic rings. The topological polar surface area (TPSA) is 55.1 Å². The molecule has 94 valence electrons. The lowest BCUT2D eigenvalue weighted by atomic mass is 9.79. The van der Waals surface area contributed by atoms with E-state index in [-0.39, 0.29) is 0 Å². The van der Waals surface area contributed by atoms with Gasteiger partial charge in [0, 0.05) is 16.1 Å². The highest BCUT2D eigenvalue weighted by atomic mass is 79.9. The molecule has 18 heavy (non-hydrogen) atoms. The number of rotatable bonds is 1. The summed E-state index contributed by atoms with van der Waals surface area (Å²) in [6.07, 6.45) is 1.60. The van der Waals surface area contributed by atoms with E-state index in [9.17, 15) is 0 Å². The van der Waals surface area contributed by atoms with Crippen molar-refractivity contribution >= 4 is 28.5 Å². The van der Waals surface area contributed by atoms with Gasteiger partial charge in [0.15, 0.2) is 0 Å². The third kappa shape index (κ3) is 2.18. The van der Waals surface area contributed by atoms with Crippen LogP contribution in [0.25, 0.3) is 0 Å². The lowest BCUT2D eigenvalue weighted by Gasteiger charge is -2.32. The number of hydrogen-bond acceptors (Lipinski definition) is 4. The summed E-state index contributed by atoms with van der Waals surface area (Å²) in [5.41, 5.74) is 0.350. The predicted molar refractivity (Wildman–Crippen MR) is 72.4 cm³/mol. The molecule has 0 aromatic carbocycles. The van der Waals surface area contributed by atoms with Gasteiger partial charge in [0.25, 0.3) is 0 Å². The summed E-state index contributed by atoms with van der Waals surface area (Å²) in [4.78, 5) is 3.98. The van der Waals surface area contributed by atoms with Gasteiger partial charge in [0.2, 0.25) is 0 Å². The Bertz CT molecular complexity index is 509. The minimum atomic E-state index is -0.487. The quantitative estimate of drug-likeness (QED) is 0.745. The van der Waals surface area contributed by atoms with Crippen LogP contribution in [-0.4, -0.2) is 23.3 Å². The average Bonchev–Trinajstić information content (AvgIpc) is 2.48. The van der Waals surface area contributed by atoms with Gasteiger partial charge in [-0.3, -0.25) is 0 Å². The van der Waals surface area contributed by atoms with Crippen LogP contribution in [0.3, 0.4) is 0 Å². The molecule has 2 heterocycles. The van der Waals surface area contributed by atoms with Crippen LogP contribution >= 0.6 is 15.9 Å². The van der Waals surface area contributed by atoms with Crippen molar-refractivity contribution in [2.24, 2.45) is 0 Å². The maximum atomic E-state index is 8.89. The van der Waals surface area contributed by atoms with Crippen molar-refractivity contribution in [3.63, 3.8) is 0 Å². The Morgan fingerprint density at radius 1 is 1.28 bits per heavy atom. The Balaban J connectivity index is 2.38. The third-order valence-corrected chi connectivity index (χ3v) is 4.17. The van der Waals surface area contributed by atoms with Crippen LogP contribution in [-0.2, 0) is 9.31 Å². The first kappa shape index (κ1) is 13.5. The molecule has 4 nitrogen and oxygen atoms in total. The summed E-state index contributed by atoms with van der Waals surface area (Å²) >= 11 is 3.41. The van der Waals surface area contributed by atoms with Gasteiger partial charge in [-0.05, 0) is 49.7 Å². The van der Waals surface area contributed by atoms with E-state index in [1.807, 2.05) is 33.8 Å². The van der Waals surface area contributed by atoms with E-state index in [4.69, 9.17) is 14.6 Å². The van der Waals surface area contributed by atoms with Gasteiger partial charge in [-0.1, -0.05) is 0 Å². The molecule has 0 spiro atoms. The minimum absolute atomic E-state index is 0.350. The van der Waals surface area contributed by atoms with Crippen LogP contribution in [0.1, 0.15) is 33.4 Å². The number of halogens is 1. The Morgan fingerprint density at radius 2 is 1.83 bits per heavy atom. The van der Waals surface area contributed by atoms with E-state index >= 15 is 0 Å². The second-order valence-electron chi connectivity index (χ2n) is 5.29. The fraction of sp³-hybridized carbons (Fsp3) is 0.500. The van der Waals surface area contributed by atoms with E-state index in [1.165, 1.54) is 0 Å². The van der Waals surface area contributed by atoms with Crippen LogP contribution in [0, 0.1) is 11.3 Å². The molecule has 0 saturated carbocycles. The second kappa shape index (κ2) is 4.34. The van der Waals surface area contributed by atoms with Crippen molar-refractivity contribution in [3.05, 3.63) is 22.4 Å². The van der Waals surface area contributed by atoms with Crippen molar-refractivity contribution in [1.82, 2.24) is 4.98 Å². The molecule has 1 fully saturated rings. The zero-order valence-corrected chi connectivity index (χ0v) is 12.4. The highest BCUT2D eigenvalue weighted by molar-refractivity contribution is 9.10. The zero-order chi connectivity index (χ0) is 13.6. The van der Waals surface area contributed by atoms with Crippen molar-refractivity contribution in [1.29, 1.82) is 5.26 Å². The van der Waals surface area contributed by atoms with Crippen LogP contribution in [0.4, 0.5) is 0 Å². The lowest BCUT2D eigenvalue weighted by molar-refractivity contribution is 0.00578. The second-order valence-corrected chi connectivity index (χ2v) is 6.15. The Morgan fingerprint density at radius 3 is 2.33 bits per heavy atom. The molecule has 0 unspecified atom stereocenters. The van der Waals surface area contributed by atoms with Gasteiger partial charge < -0.3 is 9.31 Å². The lowest BCUT2D eigenvalue weighted by Crippen LogP contribution is -2.41. The third-order valence-electron chi connectivity index (χ3n) is 3.51. The van der Waals surface area contributed by atoms with Crippen LogP contribution < -0.4 is 5.46 Å². The fourth-order valence-electron chi connectivity index (χ4n) is 1.67. The normalized spacial score (nSPS) is 20.8. The number of pyridine rings is 1. The summed E-state index contributed by atoms with van der Waals surface area (Å²) in [6.45, 7) is 7.97. The maximum absolute atomic E-state index is 8.89. The van der Waals surface area contributed by atoms with Crippen molar-refractivity contribution in [3.8, 4) is 6.07 Å². The van der Waals surface area contributed by atoms with Crippen molar-refractivity contribution in [2.75, 3.05) is 0 Å². The molecule has 0 amide bonds. The highest BCUT2D eigenvalue weighted by Crippen LogP contribution is 2.36. The van der Waals surface area contributed by atoms with E-state index < -0.39 is 18.3 Å². The largest absolute Gasteiger partial charge is 0.496 e. The summed E-state index contributed by atoms with van der Waals surface area (Å²) in [7, 11) is -0.487. The van der Waals surface area contributed by atoms with Crippen LogP contribution in [0.15, 0.2) is 16.7 Å². The summed E-state index contributed by atoms with van der Waals surface area (Å²) in [5, 5.41) is 8.89. The van der Waals surface area contributed by atoms with Gasteiger partial charge >= 0.3 is 7.12 Å². The Hall–Kier alpha value is -0.895. The highest BCUT2D eigenvalue weighted by Gasteiger charge is 2.52. The summed E-state index contributed by atoms with van der Waals surface area (Å²) < 4.78 is 12.7. The van der Waals surface area contributed by atoms with E-state index in [0.29, 0.717) is 5.69 Å². The van der Waals surface area contributed by atoms with Gasteiger partial charge in [-0.15, -0.1) is 0 Å². The smallest absolute Gasteiger partial charge is 0.399 e. The number of aromatic nitrogens is 1. The van der Waals surface area contributed by atoms with Gasteiger partial charge in [0.1, 0.15) is 11.8 Å². The van der Waals surface area contributed by atoms with E-state index in [0.717, 1.165) is 9.94 Å². The number of nitrogens with zero attached hydrogens (tertiary/aromatic N) is 2. The molecule has 6 heteroatoms. The number of nitriles is 1. The number of hydrogen-bond donors (Lipinski definition) is 0. The molecule has 1 aromatic heterocycles. The molecular weight excluding hydrogens is 295 g/mol. The zero-order valence-electron chi connectivity index (χ0n) is 10.8. The van der Waals surface area contributed by atoms with Crippen LogP contribution in [0.2, 0.25) is 0 Å². The SMILES string of the molecule is CC1(C)OB(c2cc(C#N)ncc2Br)OC1(C)C. The first-order valence-electron chi connectivity index (χ1n) is 5.68. The monoisotopic (exact) mass is 308 g/mol. The van der Waals surface area contributed by atoms with E-state index in [2.05, 4.69) is 20.9 Å². The molecule has 0 bridgehead atoms. The first-order valence-corrected chi connectivity index (χ1v) is 6.47. The predicted octanol–water partition coefficient (Wildman–Crippen LogP) is 2.01. The molecule has 0 atom stereocenters. The fourth-order valence-corrected chi connectivity index (χ4v) is 2.07. The van der Waals surface area contributed by atoms with Gasteiger partial charge in [0.05, 0.1) is 11.2 Å². The summed E-state index contributed by atoms with van der Waals surface area (Å²) in [5.74, 6) is 0. The van der Waals surface area contributed by atoms with Crippen LogP contribution in [0.5, 0.6) is 0 Å².